The average molecular weight is 120 g/mol. The quantitative estimate of drug-likeness (QED) is 0.278. The van der Waals surface area contributed by atoms with Crippen molar-refractivity contribution in [1.82, 2.24) is 0 Å². The number of rotatable bonds is 3. The van der Waals surface area contributed by atoms with Crippen LogP contribution in [0.4, 0.5) is 0 Å². The Kier molecular flexibility index (Phi) is 21.3. The molecule has 0 spiro atoms. The van der Waals surface area contributed by atoms with Crippen molar-refractivity contribution in [2.24, 2.45) is 11.7 Å². The fraction of sp³-hybridized carbons (Fsp3) is 1.00. The summed E-state index contributed by atoms with van der Waals surface area (Å²) in [7, 11) is 0. The maximum Gasteiger partial charge on any atom is 0.0431 e. The second kappa shape index (κ2) is 15.8. The van der Waals surface area contributed by atoms with E-state index in [2.05, 4.69) is 18.6 Å². The van der Waals surface area contributed by atoms with E-state index < -0.39 is 0 Å². The van der Waals surface area contributed by atoms with Gasteiger partial charge >= 0.3 is 0 Å². The first kappa shape index (κ1) is 10.8. The highest BCUT2D eigenvalue weighted by atomic mass is 16.2. The van der Waals surface area contributed by atoms with Gasteiger partial charge in [0, 0.05) is 6.61 Å². The maximum atomic E-state index is 8.20. The summed E-state index contributed by atoms with van der Waals surface area (Å²) in [4.78, 5) is 0. The molecule has 0 heterocycles. The molecule has 0 aliphatic heterocycles. The number of hydrazine groups is 1. The highest BCUT2D eigenvalue weighted by Crippen LogP contribution is 1.89. The van der Waals surface area contributed by atoms with Crippen LogP contribution in [0.2, 0.25) is 0 Å². The average Bonchev–Trinajstić information content (AvgIpc) is 1.88. The zero-order valence-corrected chi connectivity index (χ0v) is 5.43. The van der Waals surface area contributed by atoms with Gasteiger partial charge in [-0.05, 0) is 6.42 Å². The van der Waals surface area contributed by atoms with Crippen molar-refractivity contribution in [2.75, 3.05) is 6.61 Å². The van der Waals surface area contributed by atoms with E-state index in [9.17, 15) is 0 Å². The topological polar surface area (TPSA) is 72.3 Å². The van der Waals surface area contributed by atoms with Gasteiger partial charge < -0.3 is 5.11 Å². The van der Waals surface area contributed by atoms with Crippen molar-refractivity contribution < 1.29 is 5.11 Å². The number of unbranched alkanes of at least 4 members (excludes halogenated alkanes) is 2. The van der Waals surface area contributed by atoms with Crippen LogP contribution in [0.5, 0.6) is 0 Å². The van der Waals surface area contributed by atoms with Gasteiger partial charge in [-0.25, -0.2) is 0 Å². The van der Waals surface area contributed by atoms with Crippen LogP contribution in [0.3, 0.4) is 0 Å². The van der Waals surface area contributed by atoms with Crippen molar-refractivity contribution in [3.8, 4) is 0 Å². The molecular weight excluding hydrogens is 104 g/mol. The minimum Gasteiger partial charge on any atom is -0.396 e. The first-order chi connectivity index (χ1) is 3.91. The molecule has 8 heavy (non-hydrogen) atoms. The molecular formula is C5H16N2O. The predicted molar refractivity (Wildman–Crippen MR) is 35.0 cm³/mol. The van der Waals surface area contributed by atoms with Gasteiger partial charge in [0.15, 0.2) is 0 Å². The minimum absolute atomic E-state index is 0.355. The Hall–Kier alpha value is -0.120. The lowest BCUT2D eigenvalue weighted by Crippen LogP contribution is -2.02. The van der Waals surface area contributed by atoms with E-state index in [0.29, 0.717) is 6.61 Å². The van der Waals surface area contributed by atoms with Crippen LogP contribution in [-0.4, -0.2) is 11.7 Å². The first-order valence-corrected chi connectivity index (χ1v) is 2.86. The Morgan fingerprint density at radius 1 is 1.25 bits per heavy atom. The van der Waals surface area contributed by atoms with E-state index in [4.69, 9.17) is 5.11 Å². The summed E-state index contributed by atoms with van der Waals surface area (Å²) in [5.74, 6) is 8.00. The van der Waals surface area contributed by atoms with Gasteiger partial charge in [-0.2, -0.15) is 0 Å². The summed E-state index contributed by atoms with van der Waals surface area (Å²) in [6.45, 7) is 2.48. The molecule has 52 valence electrons. The highest BCUT2D eigenvalue weighted by Gasteiger charge is 1.76. The van der Waals surface area contributed by atoms with Crippen molar-refractivity contribution >= 4 is 0 Å². The van der Waals surface area contributed by atoms with Crippen LogP contribution >= 0.6 is 0 Å². The molecule has 0 aliphatic carbocycles. The van der Waals surface area contributed by atoms with E-state index in [1.807, 2.05) is 0 Å². The van der Waals surface area contributed by atoms with Gasteiger partial charge in [0.2, 0.25) is 0 Å². The SMILES string of the molecule is CCCCCO.NN. The Morgan fingerprint density at radius 3 is 1.88 bits per heavy atom. The third-order valence-electron chi connectivity index (χ3n) is 0.762. The van der Waals surface area contributed by atoms with Crippen molar-refractivity contribution in [3.05, 3.63) is 0 Å². The molecule has 0 bridgehead atoms. The molecule has 0 saturated heterocycles. The number of nitrogens with two attached hydrogens (primary N) is 2. The fourth-order valence-electron chi connectivity index (χ4n) is 0.362. The van der Waals surface area contributed by atoms with Crippen LogP contribution < -0.4 is 11.7 Å². The monoisotopic (exact) mass is 120 g/mol. The third-order valence-corrected chi connectivity index (χ3v) is 0.762. The highest BCUT2D eigenvalue weighted by molar-refractivity contribution is 4.30. The summed E-state index contributed by atoms with van der Waals surface area (Å²) >= 11 is 0. The molecule has 0 radical (unpaired) electrons. The number of aliphatic hydroxyl groups is 1. The zero-order chi connectivity index (χ0) is 6.83. The zero-order valence-electron chi connectivity index (χ0n) is 5.43. The van der Waals surface area contributed by atoms with Gasteiger partial charge in [0.25, 0.3) is 0 Å². The fourth-order valence-corrected chi connectivity index (χ4v) is 0.362. The van der Waals surface area contributed by atoms with Crippen molar-refractivity contribution in [2.45, 2.75) is 26.2 Å². The summed E-state index contributed by atoms with van der Waals surface area (Å²) in [6.07, 6.45) is 3.33. The first-order valence-electron chi connectivity index (χ1n) is 2.86. The van der Waals surface area contributed by atoms with E-state index in [1.54, 1.807) is 0 Å². The molecule has 0 aliphatic rings. The maximum absolute atomic E-state index is 8.20. The van der Waals surface area contributed by atoms with Crippen LogP contribution in [0.25, 0.3) is 0 Å². The Balaban J connectivity index is 0. The summed E-state index contributed by atoms with van der Waals surface area (Å²) < 4.78 is 0. The van der Waals surface area contributed by atoms with Crippen LogP contribution in [-0.2, 0) is 0 Å². The summed E-state index contributed by atoms with van der Waals surface area (Å²) in [5.41, 5.74) is 0. The van der Waals surface area contributed by atoms with Gasteiger partial charge in [-0.1, -0.05) is 19.8 Å². The van der Waals surface area contributed by atoms with Gasteiger partial charge in [-0.3, -0.25) is 11.7 Å². The van der Waals surface area contributed by atoms with E-state index in [1.165, 1.54) is 6.42 Å². The lowest BCUT2D eigenvalue weighted by molar-refractivity contribution is 0.284. The summed E-state index contributed by atoms with van der Waals surface area (Å²) in [6, 6.07) is 0. The molecule has 0 aromatic carbocycles. The molecule has 0 aromatic heterocycles. The van der Waals surface area contributed by atoms with E-state index in [-0.39, 0.29) is 0 Å². The largest absolute Gasteiger partial charge is 0.396 e. The Bertz CT molecular complexity index is 22.4. The Labute approximate surface area is 50.6 Å². The Morgan fingerprint density at radius 2 is 1.75 bits per heavy atom. The minimum atomic E-state index is 0.355. The molecule has 0 atom stereocenters. The molecule has 5 N–H and O–H groups in total. The third kappa shape index (κ3) is 16.9. The molecule has 0 unspecified atom stereocenters. The van der Waals surface area contributed by atoms with E-state index in [0.717, 1.165) is 12.8 Å². The molecule has 3 nitrogen and oxygen atoms in total. The lowest BCUT2D eigenvalue weighted by atomic mass is 10.3. The normalized spacial score (nSPS) is 7.50. The standard InChI is InChI=1S/C5H12O.H4N2/c1-2-3-4-5-6;1-2/h6H,2-5H2,1H3;1-2H2. The van der Waals surface area contributed by atoms with Crippen molar-refractivity contribution in [3.63, 3.8) is 0 Å². The van der Waals surface area contributed by atoms with Gasteiger partial charge in [0.1, 0.15) is 0 Å². The molecule has 0 amide bonds. The predicted octanol–water partition coefficient (Wildman–Crippen LogP) is -0.0123. The van der Waals surface area contributed by atoms with Gasteiger partial charge in [0.05, 0.1) is 0 Å². The molecule has 0 fully saturated rings. The number of hydrogen-bond acceptors (Lipinski definition) is 3. The van der Waals surface area contributed by atoms with Crippen molar-refractivity contribution in [1.29, 1.82) is 0 Å². The van der Waals surface area contributed by atoms with Crippen LogP contribution in [0.1, 0.15) is 26.2 Å². The number of aliphatic hydroxyl groups excluding tert-OH is 1. The van der Waals surface area contributed by atoms with E-state index >= 15 is 0 Å². The smallest absolute Gasteiger partial charge is 0.0431 e. The van der Waals surface area contributed by atoms with Crippen LogP contribution in [0.15, 0.2) is 0 Å². The molecule has 3 heteroatoms. The number of hydrogen-bond donors (Lipinski definition) is 3. The molecule has 0 aromatic rings. The lowest BCUT2D eigenvalue weighted by Gasteiger charge is -1.85. The molecule has 0 saturated carbocycles. The van der Waals surface area contributed by atoms with Crippen LogP contribution in [0, 0.1) is 0 Å². The second-order valence-corrected chi connectivity index (χ2v) is 1.43. The van der Waals surface area contributed by atoms with Gasteiger partial charge in [-0.15, -0.1) is 0 Å². The summed E-state index contributed by atoms with van der Waals surface area (Å²) in [5, 5.41) is 8.20. The second-order valence-electron chi connectivity index (χ2n) is 1.43. The molecule has 0 rings (SSSR count).